The molecule has 0 saturated carbocycles. The summed E-state index contributed by atoms with van der Waals surface area (Å²) in [6.45, 7) is 5.57. The standard InChI is InChI=1S/C22H26N4O4/c1-14-7-6-8-18(15(14)2)25(4)13-19(27)24-26-20(28)22(3,23-21(26)29)16-9-11-17(30-5)12-10-16/h6-12H,13H2,1-5H3,(H,23,29)(H,24,27). The van der Waals surface area contributed by atoms with Crippen molar-refractivity contribution in [2.45, 2.75) is 26.3 Å². The lowest BCUT2D eigenvalue weighted by atomic mass is 9.92. The molecule has 0 aliphatic carbocycles. The van der Waals surface area contributed by atoms with E-state index >= 15 is 0 Å². The summed E-state index contributed by atoms with van der Waals surface area (Å²) in [5.41, 5.74) is 4.82. The van der Waals surface area contributed by atoms with E-state index in [2.05, 4.69) is 10.7 Å². The summed E-state index contributed by atoms with van der Waals surface area (Å²) in [5.74, 6) is -0.389. The number of nitrogens with zero attached hydrogens (tertiary/aromatic N) is 2. The first-order chi connectivity index (χ1) is 14.2. The van der Waals surface area contributed by atoms with E-state index in [4.69, 9.17) is 4.74 Å². The maximum absolute atomic E-state index is 13.0. The van der Waals surface area contributed by atoms with Gasteiger partial charge < -0.3 is 15.0 Å². The van der Waals surface area contributed by atoms with Crippen molar-refractivity contribution in [3.8, 4) is 5.75 Å². The zero-order chi connectivity index (χ0) is 22.1. The number of likely N-dealkylation sites (N-methyl/N-ethyl adjacent to an activating group) is 1. The van der Waals surface area contributed by atoms with Crippen LogP contribution in [0.15, 0.2) is 42.5 Å². The number of hydrogen-bond acceptors (Lipinski definition) is 5. The van der Waals surface area contributed by atoms with Gasteiger partial charge in [0.2, 0.25) is 0 Å². The van der Waals surface area contributed by atoms with Gasteiger partial charge in [0.25, 0.3) is 11.8 Å². The van der Waals surface area contributed by atoms with Crippen LogP contribution in [0.2, 0.25) is 0 Å². The smallest absolute Gasteiger partial charge is 0.344 e. The molecule has 158 valence electrons. The third-order valence-corrected chi connectivity index (χ3v) is 5.46. The van der Waals surface area contributed by atoms with Crippen LogP contribution in [-0.4, -0.2) is 43.6 Å². The van der Waals surface area contributed by atoms with Crippen molar-refractivity contribution in [2.24, 2.45) is 0 Å². The molecule has 2 aromatic carbocycles. The molecular formula is C22H26N4O4. The lowest BCUT2D eigenvalue weighted by Gasteiger charge is -2.24. The largest absolute Gasteiger partial charge is 0.497 e. The number of aryl methyl sites for hydroxylation is 1. The number of methoxy groups -OCH3 is 1. The topological polar surface area (TPSA) is 91.0 Å². The Morgan fingerprint density at radius 1 is 1.17 bits per heavy atom. The maximum atomic E-state index is 13.0. The average molecular weight is 410 g/mol. The van der Waals surface area contributed by atoms with Gasteiger partial charge in [0.1, 0.15) is 11.3 Å². The first-order valence-corrected chi connectivity index (χ1v) is 9.55. The Labute approximate surface area is 175 Å². The number of amides is 4. The van der Waals surface area contributed by atoms with E-state index in [1.807, 2.05) is 32.0 Å². The maximum Gasteiger partial charge on any atom is 0.344 e. The third-order valence-electron chi connectivity index (χ3n) is 5.46. The normalized spacial score (nSPS) is 18.2. The predicted molar refractivity (Wildman–Crippen MR) is 113 cm³/mol. The Hall–Kier alpha value is -3.55. The fraction of sp³-hybridized carbons (Fsp3) is 0.318. The number of rotatable bonds is 6. The highest BCUT2D eigenvalue weighted by Gasteiger charge is 2.50. The van der Waals surface area contributed by atoms with Crippen molar-refractivity contribution in [1.82, 2.24) is 15.8 Å². The minimum Gasteiger partial charge on any atom is -0.497 e. The highest BCUT2D eigenvalue weighted by atomic mass is 16.5. The van der Waals surface area contributed by atoms with E-state index in [0.29, 0.717) is 11.3 Å². The molecule has 0 aromatic heterocycles. The second-order valence-corrected chi connectivity index (χ2v) is 7.53. The van der Waals surface area contributed by atoms with Crippen LogP contribution in [0, 0.1) is 13.8 Å². The van der Waals surface area contributed by atoms with Crippen molar-refractivity contribution in [3.05, 3.63) is 59.2 Å². The molecule has 8 nitrogen and oxygen atoms in total. The Morgan fingerprint density at radius 3 is 2.47 bits per heavy atom. The van der Waals surface area contributed by atoms with Crippen molar-refractivity contribution in [3.63, 3.8) is 0 Å². The number of benzene rings is 2. The Bertz CT molecular complexity index is 989. The van der Waals surface area contributed by atoms with Crippen LogP contribution in [0.4, 0.5) is 10.5 Å². The third kappa shape index (κ3) is 3.80. The van der Waals surface area contributed by atoms with E-state index in [-0.39, 0.29) is 6.54 Å². The molecule has 0 bridgehead atoms. The van der Waals surface area contributed by atoms with E-state index < -0.39 is 23.4 Å². The molecule has 1 atom stereocenters. The minimum absolute atomic E-state index is 0.0133. The summed E-state index contributed by atoms with van der Waals surface area (Å²) < 4.78 is 5.13. The van der Waals surface area contributed by atoms with Crippen LogP contribution in [-0.2, 0) is 15.1 Å². The van der Waals surface area contributed by atoms with Crippen LogP contribution in [0.5, 0.6) is 5.75 Å². The molecule has 3 rings (SSSR count). The van der Waals surface area contributed by atoms with Gasteiger partial charge in [-0.05, 0) is 55.7 Å². The molecule has 1 aliphatic rings. The summed E-state index contributed by atoms with van der Waals surface area (Å²) in [6.07, 6.45) is 0. The first-order valence-electron chi connectivity index (χ1n) is 9.55. The van der Waals surface area contributed by atoms with Crippen molar-refractivity contribution >= 4 is 23.5 Å². The monoisotopic (exact) mass is 410 g/mol. The molecule has 2 aromatic rings. The van der Waals surface area contributed by atoms with E-state index in [9.17, 15) is 14.4 Å². The SMILES string of the molecule is COc1ccc(C2(C)NC(=O)N(NC(=O)CN(C)c3cccc(C)c3C)C2=O)cc1. The second-order valence-electron chi connectivity index (χ2n) is 7.53. The molecule has 1 heterocycles. The van der Waals surface area contributed by atoms with Crippen molar-refractivity contribution < 1.29 is 19.1 Å². The molecule has 30 heavy (non-hydrogen) atoms. The van der Waals surface area contributed by atoms with Crippen molar-refractivity contribution in [2.75, 3.05) is 25.6 Å². The number of urea groups is 1. The van der Waals surface area contributed by atoms with Crippen LogP contribution >= 0.6 is 0 Å². The number of nitrogens with one attached hydrogen (secondary N) is 2. The summed E-state index contributed by atoms with van der Waals surface area (Å²) in [5, 5.41) is 3.40. The number of imide groups is 1. The van der Waals surface area contributed by atoms with Crippen LogP contribution < -0.4 is 20.4 Å². The summed E-state index contributed by atoms with van der Waals surface area (Å²) >= 11 is 0. The van der Waals surface area contributed by atoms with Gasteiger partial charge in [-0.2, -0.15) is 5.01 Å². The van der Waals surface area contributed by atoms with Gasteiger partial charge in [-0.1, -0.05) is 24.3 Å². The summed E-state index contributed by atoms with van der Waals surface area (Å²) in [4.78, 5) is 39.7. The van der Waals surface area contributed by atoms with Gasteiger partial charge in [-0.3, -0.25) is 15.0 Å². The molecule has 1 saturated heterocycles. The minimum atomic E-state index is -1.28. The summed E-state index contributed by atoms with van der Waals surface area (Å²) in [7, 11) is 3.33. The van der Waals surface area contributed by atoms with Crippen molar-refractivity contribution in [1.29, 1.82) is 0 Å². The fourth-order valence-electron chi connectivity index (χ4n) is 3.47. The molecule has 0 spiro atoms. The first kappa shape index (κ1) is 21.2. The highest BCUT2D eigenvalue weighted by molar-refractivity contribution is 6.08. The van der Waals surface area contributed by atoms with Gasteiger partial charge >= 0.3 is 6.03 Å². The Balaban J connectivity index is 1.71. The predicted octanol–water partition coefficient (Wildman–Crippen LogP) is 2.25. The Morgan fingerprint density at radius 2 is 1.83 bits per heavy atom. The lowest BCUT2D eigenvalue weighted by Crippen LogP contribution is -2.50. The average Bonchev–Trinajstić information content (AvgIpc) is 2.94. The van der Waals surface area contributed by atoms with Gasteiger partial charge in [0, 0.05) is 12.7 Å². The molecular weight excluding hydrogens is 384 g/mol. The quantitative estimate of drug-likeness (QED) is 0.713. The van der Waals surface area contributed by atoms with Gasteiger partial charge in [0.15, 0.2) is 0 Å². The van der Waals surface area contributed by atoms with E-state index in [1.165, 1.54) is 0 Å². The molecule has 8 heteroatoms. The molecule has 4 amide bonds. The zero-order valence-corrected chi connectivity index (χ0v) is 17.8. The molecule has 2 N–H and O–H groups in total. The van der Waals surface area contributed by atoms with Crippen LogP contribution in [0.3, 0.4) is 0 Å². The summed E-state index contributed by atoms with van der Waals surface area (Å²) in [6, 6.07) is 12.0. The number of hydrazine groups is 1. The molecule has 1 unspecified atom stereocenters. The van der Waals surface area contributed by atoms with Crippen LogP contribution in [0.25, 0.3) is 0 Å². The number of carbonyl (C=O) groups is 3. The molecule has 0 radical (unpaired) electrons. The molecule has 1 fully saturated rings. The van der Waals surface area contributed by atoms with Gasteiger partial charge in [0.05, 0.1) is 13.7 Å². The van der Waals surface area contributed by atoms with Gasteiger partial charge in [-0.25, -0.2) is 4.79 Å². The fourth-order valence-corrected chi connectivity index (χ4v) is 3.47. The van der Waals surface area contributed by atoms with E-state index in [1.54, 1.807) is 50.2 Å². The number of carbonyl (C=O) groups excluding carboxylic acids is 3. The second kappa shape index (κ2) is 8.06. The lowest BCUT2D eigenvalue weighted by molar-refractivity contribution is -0.138. The van der Waals surface area contributed by atoms with Gasteiger partial charge in [-0.15, -0.1) is 0 Å². The zero-order valence-electron chi connectivity index (χ0n) is 17.8. The van der Waals surface area contributed by atoms with E-state index in [0.717, 1.165) is 21.8 Å². The highest BCUT2D eigenvalue weighted by Crippen LogP contribution is 2.29. The number of anilines is 1. The number of ether oxygens (including phenoxy) is 1. The van der Waals surface area contributed by atoms with Crippen LogP contribution in [0.1, 0.15) is 23.6 Å². The molecule has 1 aliphatic heterocycles. The number of hydrogen-bond donors (Lipinski definition) is 2. The Kier molecular flexibility index (Phi) is 5.69.